The molecule has 3 heteroatoms. The summed E-state index contributed by atoms with van der Waals surface area (Å²) in [6, 6.07) is 1.95. The van der Waals surface area contributed by atoms with E-state index in [0.29, 0.717) is 0 Å². The third-order valence-electron chi connectivity index (χ3n) is 1.64. The normalized spacial score (nSPS) is 10.3. The monoisotopic (exact) mass is 145 g/mol. The van der Waals surface area contributed by atoms with Gasteiger partial charge >= 0.3 is 0 Å². The van der Waals surface area contributed by atoms with E-state index in [1.165, 1.54) is 6.33 Å². The largest absolute Gasteiger partial charge is 0.244 e. The van der Waals surface area contributed by atoms with Gasteiger partial charge in [0, 0.05) is 17.8 Å². The highest BCUT2D eigenvalue weighted by atomic mass is 14.9. The number of pyridine rings is 1. The highest BCUT2D eigenvalue weighted by Crippen LogP contribution is 2.10. The molecule has 0 aromatic carbocycles. The Bertz CT molecular complexity index is 378. The molecule has 0 radical (unpaired) electrons. The van der Waals surface area contributed by atoms with E-state index in [1.807, 2.05) is 13.0 Å². The van der Waals surface area contributed by atoms with Crippen LogP contribution in [0, 0.1) is 6.92 Å². The van der Waals surface area contributed by atoms with E-state index in [0.717, 1.165) is 16.6 Å². The van der Waals surface area contributed by atoms with Crippen LogP contribution in [-0.4, -0.2) is 15.0 Å². The molecular weight excluding hydrogens is 138 g/mol. The summed E-state index contributed by atoms with van der Waals surface area (Å²) in [6.45, 7) is 2.02. The van der Waals surface area contributed by atoms with E-state index in [2.05, 4.69) is 15.0 Å². The van der Waals surface area contributed by atoms with E-state index in [4.69, 9.17) is 0 Å². The van der Waals surface area contributed by atoms with Crippen molar-refractivity contribution >= 4 is 11.0 Å². The molecule has 0 unspecified atom stereocenters. The fourth-order valence-corrected chi connectivity index (χ4v) is 1.01. The number of hydrogen-bond donors (Lipinski definition) is 0. The lowest BCUT2D eigenvalue weighted by molar-refractivity contribution is 1.17. The zero-order valence-corrected chi connectivity index (χ0v) is 6.15. The molecule has 0 bridgehead atoms. The van der Waals surface area contributed by atoms with Gasteiger partial charge in [-0.2, -0.15) is 0 Å². The second-order valence-corrected chi connectivity index (χ2v) is 2.39. The fraction of sp³-hybridized carbons (Fsp3) is 0.125. The maximum Gasteiger partial charge on any atom is 0.162 e. The van der Waals surface area contributed by atoms with Gasteiger partial charge in [0.15, 0.2) is 5.65 Å². The number of fused-ring (bicyclic) bond motifs is 1. The molecular formula is C8H7N3. The topological polar surface area (TPSA) is 38.7 Å². The Hall–Kier alpha value is -1.51. The molecule has 2 aromatic rings. The summed E-state index contributed by atoms with van der Waals surface area (Å²) in [5.74, 6) is 0. The number of aromatic nitrogens is 3. The first kappa shape index (κ1) is 6.22. The predicted molar refractivity (Wildman–Crippen MR) is 42.1 cm³/mol. The van der Waals surface area contributed by atoms with Crippen LogP contribution in [-0.2, 0) is 0 Å². The van der Waals surface area contributed by atoms with Crippen LogP contribution >= 0.6 is 0 Å². The minimum atomic E-state index is 0.764. The minimum Gasteiger partial charge on any atom is -0.244 e. The van der Waals surface area contributed by atoms with Gasteiger partial charge in [0.1, 0.15) is 6.33 Å². The molecule has 2 rings (SSSR count). The molecule has 0 atom stereocenters. The summed E-state index contributed by atoms with van der Waals surface area (Å²) in [7, 11) is 0. The van der Waals surface area contributed by atoms with Gasteiger partial charge in [-0.1, -0.05) is 0 Å². The van der Waals surface area contributed by atoms with Crippen molar-refractivity contribution in [3.63, 3.8) is 0 Å². The van der Waals surface area contributed by atoms with Crippen LogP contribution in [0.4, 0.5) is 0 Å². The highest BCUT2D eigenvalue weighted by molar-refractivity contribution is 5.76. The van der Waals surface area contributed by atoms with Crippen molar-refractivity contribution in [1.29, 1.82) is 0 Å². The second kappa shape index (κ2) is 2.27. The van der Waals surface area contributed by atoms with E-state index < -0.39 is 0 Å². The Kier molecular flexibility index (Phi) is 1.28. The van der Waals surface area contributed by atoms with Gasteiger partial charge in [-0.05, 0) is 18.6 Å². The molecule has 0 aliphatic heterocycles. The van der Waals surface area contributed by atoms with Crippen molar-refractivity contribution < 1.29 is 0 Å². The molecule has 3 nitrogen and oxygen atoms in total. The average Bonchev–Trinajstić information content (AvgIpc) is 2.06. The molecule has 54 valence electrons. The van der Waals surface area contributed by atoms with Gasteiger partial charge in [0.25, 0.3) is 0 Å². The lowest BCUT2D eigenvalue weighted by atomic mass is 10.2. The number of rotatable bonds is 0. The maximum absolute atomic E-state index is 4.09. The van der Waals surface area contributed by atoms with Crippen LogP contribution in [0.1, 0.15) is 5.56 Å². The summed E-state index contributed by atoms with van der Waals surface area (Å²) < 4.78 is 0. The molecule has 0 saturated heterocycles. The molecule has 0 fully saturated rings. The predicted octanol–water partition coefficient (Wildman–Crippen LogP) is 1.33. The second-order valence-electron chi connectivity index (χ2n) is 2.39. The van der Waals surface area contributed by atoms with Crippen molar-refractivity contribution in [2.45, 2.75) is 6.92 Å². The van der Waals surface area contributed by atoms with Gasteiger partial charge < -0.3 is 0 Å². The molecule has 0 aliphatic rings. The highest BCUT2D eigenvalue weighted by Gasteiger charge is 1.95. The van der Waals surface area contributed by atoms with Crippen molar-refractivity contribution in [1.82, 2.24) is 15.0 Å². The Labute approximate surface area is 64.1 Å². The Morgan fingerprint density at radius 2 is 2.18 bits per heavy atom. The van der Waals surface area contributed by atoms with Crippen LogP contribution in [0.3, 0.4) is 0 Å². The first-order chi connectivity index (χ1) is 5.38. The van der Waals surface area contributed by atoms with E-state index in [1.54, 1.807) is 12.4 Å². The molecule has 0 spiro atoms. The molecule has 11 heavy (non-hydrogen) atoms. The zero-order valence-electron chi connectivity index (χ0n) is 6.15. The Morgan fingerprint density at radius 3 is 3.00 bits per heavy atom. The lowest BCUT2D eigenvalue weighted by Crippen LogP contribution is -1.86. The van der Waals surface area contributed by atoms with E-state index in [9.17, 15) is 0 Å². The SMILES string of the molecule is Cc1ccnc2ncncc12. The smallest absolute Gasteiger partial charge is 0.162 e. The van der Waals surface area contributed by atoms with Crippen molar-refractivity contribution in [2.75, 3.05) is 0 Å². The molecule has 0 aliphatic carbocycles. The molecule has 0 saturated carbocycles. The summed E-state index contributed by atoms with van der Waals surface area (Å²) in [5.41, 5.74) is 1.93. The summed E-state index contributed by atoms with van der Waals surface area (Å²) in [4.78, 5) is 12.0. The van der Waals surface area contributed by atoms with E-state index >= 15 is 0 Å². The minimum absolute atomic E-state index is 0.764. The van der Waals surface area contributed by atoms with Crippen LogP contribution < -0.4 is 0 Å². The van der Waals surface area contributed by atoms with Gasteiger partial charge in [-0.3, -0.25) is 0 Å². The number of hydrogen-bond acceptors (Lipinski definition) is 3. The molecule has 2 heterocycles. The maximum atomic E-state index is 4.09. The standard InChI is InChI=1S/C8H7N3/c1-6-2-3-10-8-7(6)4-9-5-11-8/h2-5H,1H3. The Balaban J connectivity index is 2.91. The molecule has 0 amide bonds. The van der Waals surface area contributed by atoms with Crippen LogP contribution in [0.15, 0.2) is 24.8 Å². The molecule has 0 N–H and O–H groups in total. The van der Waals surface area contributed by atoms with Gasteiger partial charge in [0.05, 0.1) is 0 Å². The lowest BCUT2D eigenvalue weighted by Gasteiger charge is -1.96. The third-order valence-corrected chi connectivity index (χ3v) is 1.64. The average molecular weight is 145 g/mol. The third kappa shape index (κ3) is 0.941. The number of aryl methyl sites for hydroxylation is 1. The quantitative estimate of drug-likeness (QED) is 0.561. The molecule has 2 aromatic heterocycles. The fourth-order valence-electron chi connectivity index (χ4n) is 1.01. The van der Waals surface area contributed by atoms with Gasteiger partial charge in [-0.25, -0.2) is 15.0 Å². The summed E-state index contributed by atoms with van der Waals surface area (Å²) in [6.07, 6.45) is 5.05. The van der Waals surface area contributed by atoms with Crippen molar-refractivity contribution in [3.8, 4) is 0 Å². The van der Waals surface area contributed by atoms with Crippen molar-refractivity contribution in [3.05, 3.63) is 30.4 Å². The first-order valence-corrected chi connectivity index (χ1v) is 3.39. The van der Waals surface area contributed by atoms with Crippen LogP contribution in [0.25, 0.3) is 11.0 Å². The van der Waals surface area contributed by atoms with Crippen LogP contribution in [0.2, 0.25) is 0 Å². The first-order valence-electron chi connectivity index (χ1n) is 3.39. The summed E-state index contributed by atoms with van der Waals surface area (Å²) >= 11 is 0. The van der Waals surface area contributed by atoms with Crippen LogP contribution in [0.5, 0.6) is 0 Å². The zero-order chi connectivity index (χ0) is 7.68. The van der Waals surface area contributed by atoms with Gasteiger partial charge in [0.2, 0.25) is 0 Å². The van der Waals surface area contributed by atoms with Gasteiger partial charge in [-0.15, -0.1) is 0 Å². The van der Waals surface area contributed by atoms with Crippen molar-refractivity contribution in [2.24, 2.45) is 0 Å². The number of nitrogens with zero attached hydrogens (tertiary/aromatic N) is 3. The van der Waals surface area contributed by atoms with E-state index in [-0.39, 0.29) is 0 Å². The Morgan fingerprint density at radius 1 is 1.27 bits per heavy atom. The summed E-state index contributed by atoms with van der Waals surface area (Å²) in [5, 5.41) is 1.02.